The van der Waals surface area contributed by atoms with Gasteiger partial charge in [0.1, 0.15) is 12.1 Å². The van der Waals surface area contributed by atoms with Crippen LogP contribution in [0, 0.1) is 0 Å². The molecule has 0 saturated carbocycles. The molecule has 2 rings (SSSR count). The molecule has 2 heterocycles. The highest BCUT2D eigenvalue weighted by Crippen LogP contribution is 2.26. The van der Waals surface area contributed by atoms with Crippen LogP contribution in [0.2, 0.25) is 0 Å². The summed E-state index contributed by atoms with van der Waals surface area (Å²) in [5.41, 5.74) is 0. The van der Waals surface area contributed by atoms with E-state index in [2.05, 4.69) is 0 Å². The number of ether oxygens (including phenoxy) is 1. The summed E-state index contributed by atoms with van der Waals surface area (Å²) in [7, 11) is 1.64. The minimum atomic E-state index is -0.311. The summed E-state index contributed by atoms with van der Waals surface area (Å²) in [6.45, 7) is 3.80. The van der Waals surface area contributed by atoms with E-state index in [4.69, 9.17) is 4.74 Å². The maximum absolute atomic E-state index is 12.2. The number of piperazine rings is 1. The molecule has 0 aromatic rings. The van der Waals surface area contributed by atoms with Crippen LogP contribution in [-0.2, 0) is 14.3 Å². The Labute approximate surface area is 102 Å². The number of hydrogen-bond acceptors (Lipinski definition) is 3. The fourth-order valence-electron chi connectivity index (χ4n) is 2.73. The third-order valence-electron chi connectivity index (χ3n) is 3.68. The molecule has 0 aromatic heterocycles. The van der Waals surface area contributed by atoms with E-state index in [1.807, 2.05) is 6.92 Å². The van der Waals surface area contributed by atoms with Gasteiger partial charge in [0, 0.05) is 26.8 Å². The Bertz CT molecular complexity index is 319. The topological polar surface area (TPSA) is 49.9 Å². The first-order valence-electron chi connectivity index (χ1n) is 6.26. The van der Waals surface area contributed by atoms with Crippen molar-refractivity contribution in [3.05, 3.63) is 0 Å². The molecule has 0 radical (unpaired) electrons. The van der Waals surface area contributed by atoms with Crippen molar-refractivity contribution >= 4 is 11.8 Å². The van der Waals surface area contributed by atoms with E-state index in [-0.39, 0.29) is 23.9 Å². The van der Waals surface area contributed by atoms with Crippen molar-refractivity contribution in [3.63, 3.8) is 0 Å². The van der Waals surface area contributed by atoms with Crippen molar-refractivity contribution in [2.45, 2.75) is 38.3 Å². The van der Waals surface area contributed by atoms with E-state index < -0.39 is 0 Å². The zero-order chi connectivity index (χ0) is 12.4. The Kier molecular flexibility index (Phi) is 3.66. The molecule has 2 saturated heterocycles. The lowest BCUT2D eigenvalue weighted by atomic mass is 10.1. The normalized spacial score (nSPS) is 28.8. The van der Waals surface area contributed by atoms with Crippen molar-refractivity contribution in [1.29, 1.82) is 0 Å². The second-order valence-corrected chi connectivity index (χ2v) is 4.74. The van der Waals surface area contributed by atoms with Gasteiger partial charge in [0.05, 0.1) is 0 Å². The van der Waals surface area contributed by atoms with Crippen LogP contribution in [0.3, 0.4) is 0 Å². The molecule has 5 heteroatoms. The van der Waals surface area contributed by atoms with Crippen molar-refractivity contribution in [3.8, 4) is 0 Å². The van der Waals surface area contributed by atoms with Crippen molar-refractivity contribution < 1.29 is 14.3 Å². The fourth-order valence-corrected chi connectivity index (χ4v) is 2.73. The smallest absolute Gasteiger partial charge is 0.246 e. The van der Waals surface area contributed by atoms with Gasteiger partial charge in [0.25, 0.3) is 0 Å². The highest BCUT2D eigenvalue weighted by Gasteiger charge is 2.45. The lowest BCUT2D eigenvalue weighted by molar-refractivity contribution is -0.158. The van der Waals surface area contributed by atoms with Gasteiger partial charge in [-0.05, 0) is 26.2 Å². The summed E-state index contributed by atoms with van der Waals surface area (Å²) in [4.78, 5) is 27.8. The fraction of sp³-hybridized carbons (Fsp3) is 0.833. The SMILES string of the molecule is COCCCN1C(=O)C2CCCN2C(=O)C1C. The van der Waals surface area contributed by atoms with Crippen LogP contribution >= 0.6 is 0 Å². The molecule has 0 aliphatic carbocycles. The second-order valence-electron chi connectivity index (χ2n) is 4.74. The zero-order valence-corrected chi connectivity index (χ0v) is 10.5. The van der Waals surface area contributed by atoms with Crippen molar-refractivity contribution in [1.82, 2.24) is 9.80 Å². The standard InChI is InChI=1S/C12H20N2O3/c1-9-11(15)14-6-3-5-10(14)12(16)13(9)7-4-8-17-2/h9-10H,3-8H2,1-2H3. The summed E-state index contributed by atoms with van der Waals surface area (Å²) in [5, 5.41) is 0. The van der Waals surface area contributed by atoms with E-state index in [1.54, 1.807) is 16.9 Å². The second kappa shape index (κ2) is 5.04. The maximum Gasteiger partial charge on any atom is 0.246 e. The lowest BCUT2D eigenvalue weighted by Crippen LogP contribution is -2.61. The van der Waals surface area contributed by atoms with E-state index in [9.17, 15) is 9.59 Å². The predicted octanol–water partition coefficient (Wildman–Crippen LogP) is 0.245. The zero-order valence-electron chi connectivity index (χ0n) is 10.5. The summed E-state index contributed by atoms with van der Waals surface area (Å²) in [5.74, 6) is 0.218. The molecule has 0 aromatic carbocycles. The molecule has 2 amide bonds. The van der Waals surface area contributed by atoms with Gasteiger partial charge < -0.3 is 14.5 Å². The summed E-state index contributed by atoms with van der Waals surface area (Å²) >= 11 is 0. The third kappa shape index (κ3) is 2.16. The van der Waals surface area contributed by atoms with Gasteiger partial charge in [0.15, 0.2) is 0 Å². The quantitative estimate of drug-likeness (QED) is 0.662. The molecule has 17 heavy (non-hydrogen) atoms. The number of nitrogens with zero attached hydrogens (tertiary/aromatic N) is 2. The van der Waals surface area contributed by atoms with Crippen LogP contribution in [-0.4, -0.2) is 60.5 Å². The Balaban J connectivity index is 2.05. The van der Waals surface area contributed by atoms with Crippen LogP contribution in [0.4, 0.5) is 0 Å². The Morgan fingerprint density at radius 1 is 1.35 bits per heavy atom. The maximum atomic E-state index is 12.2. The van der Waals surface area contributed by atoms with Crippen molar-refractivity contribution in [2.24, 2.45) is 0 Å². The average Bonchev–Trinajstić information content (AvgIpc) is 2.80. The number of fused-ring (bicyclic) bond motifs is 1. The van der Waals surface area contributed by atoms with E-state index in [1.165, 1.54) is 0 Å². The summed E-state index contributed by atoms with van der Waals surface area (Å²) < 4.78 is 4.98. The Morgan fingerprint density at radius 3 is 2.82 bits per heavy atom. The molecule has 2 aliphatic heterocycles. The summed E-state index contributed by atoms with van der Waals surface area (Å²) in [6.07, 6.45) is 2.55. The third-order valence-corrected chi connectivity index (χ3v) is 3.68. The van der Waals surface area contributed by atoms with E-state index in [0.717, 1.165) is 25.8 Å². The molecular formula is C12H20N2O3. The molecule has 2 atom stereocenters. The first-order chi connectivity index (χ1) is 8.16. The van der Waals surface area contributed by atoms with Crippen LogP contribution in [0.5, 0.6) is 0 Å². The monoisotopic (exact) mass is 240 g/mol. The minimum absolute atomic E-state index is 0.101. The van der Waals surface area contributed by atoms with Gasteiger partial charge in [0.2, 0.25) is 11.8 Å². The molecule has 0 spiro atoms. The number of rotatable bonds is 4. The van der Waals surface area contributed by atoms with Gasteiger partial charge in [-0.2, -0.15) is 0 Å². The number of carbonyl (C=O) groups excluding carboxylic acids is 2. The predicted molar refractivity (Wildman–Crippen MR) is 62.4 cm³/mol. The molecule has 0 bridgehead atoms. The molecular weight excluding hydrogens is 220 g/mol. The molecule has 96 valence electrons. The van der Waals surface area contributed by atoms with Gasteiger partial charge in [-0.25, -0.2) is 0 Å². The van der Waals surface area contributed by atoms with Gasteiger partial charge in [-0.3, -0.25) is 9.59 Å². The lowest BCUT2D eigenvalue weighted by Gasteiger charge is -2.40. The minimum Gasteiger partial charge on any atom is -0.385 e. The molecule has 0 N–H and O–H groups in total. The van der Waals surface area contributed by atoms with Crippen molar-refractivity contribution in [2.75, 3.05) is 26.8 Å². The highest BCUT2D eigenvalue weighted by molar-refractivity contribution is 5.97. The average molecular weight is 240 g/mol. The van der Waals surface area contributed by atoms with Crippen LogP contribution in [0.1, 0.15) is 26.2 Å². The van der Waals surface area contributed by atoms with E-state index in [0.29, 0.717) is 13.2 Å². The molecule has 2 unspecified atom stereocenters. The van der Waals surface area contributed by atoms with Crippen LogP contribution in [0.15, 0.2) is 0 Å². The van der Waals surface area contributed by atoms with Gasteiger partial charge >= 0.3 is 0 Å². The molecule has 2 fully saturated rings. The number of methoxy groups -OCH3 is 1. The van der Waals surface area contributed by atoms with E-state index >= 15 is 0 Å². The largest absolute Gasteiger partial charge is 0.385 e. The van der Waals surface area contributed by atoms with Crippen LogP contribution in [0.25, 0.3) is 0 Å². The van der Waals surface area contributed by atoms with Gasteiger partial charge in [-0.1, -0.05) is 0 Å². The number of carbonyl (C=O) groups is 2. The summed E-state index contributed by atoms with van der Waals surface area (Å²) in [6, 6.07) is -0.505. The number of hydrogen-bond donors (Lipinski definition) is 0. The van der Waals surface area contributed by atoms with Gasteiger partial charge in [-0.15, -0.1) is 0 Å². The first kappa shape index (κ1) is 12.4. The molecule has 5 nitrogen and oxygen atoms in total. The Hall–Kier alpha value is -1.10. The first-order valence-corrected chi connectivity index (χ1v) is 6.26. The molecule has 2 aliphatic rings. The highest BCUT2D eigenvalue weighted by atomic mass is 16.5. The Morgan fingerprint density at radius 2 is 2.12 bits per heavy atom. The number of amides is 2. The van der Waals surface area contributed by atoms with Crippen LogP contribution < -0.4 is 0 Å².